The van der Waals surface area contributed by atoms with Gasteiger partial charge >= 0.3 is 0 Å². The van der Waals surface area contributed by atoms with E-state index in [1.165, 1.54) is 12.8 Å². The molecule has 2 heterocycles. The molecule has 1 aliphatic rings. The molecule has 0 unspecified atom stereocenters. The van der Waals surface area contributed by atoms with E-state index in [9.17, 15) is 0 Å². The van der Waals surface area contributed by atoms with Crippen LogP contribution in [-0.2, 0) is 0 Å². The van der Waals surface area contributed by atoms with E-state index in [-0.39, 0.29) is 0 Å². The topological polar surface area (TPSA) is 38.7 Å². The van der Waals surface area contributed by atoms with Gasteiger partial charge in [0.15, 0.2) is 0 Å². The molecule has 3 heteroatoms. The summed E-state index contributed by atoms with van der Waals surface area (Å²) in [5.74, 6) is 1.10. The lowest BCUT2D eigenvalue weighted by molar-refractivity contribution is 0.823. The quantitative estimate of drug-likeness (QED) is 0.822. The standard InChI is InChI=1S/C15H17N3/c1-10(2)13-6-5-12(7-17-13)15-9-16-8-14(18-15)11-3-4-11/h5-11H,3-4H2,1-2H3. The van der Waals surface area contributed by atoms with Crippen LogP contribution in [0.2, 0.25) is 0 Å². The number of aromatic nitrogens is 3. The van der Waals surface area contributed by atoms with Gasteiger partial charge < -0.3 is 0 Å². The minimum atomic E-state index is 0.461. The molecule has 1 fully saturated rings. The highest BCUT2D eigenvalue weighted by atomic mass is 14.8. The summed E-state index contributed by atoms with van der Waals surface area (Å²) < 4.78 is 0. The van der Waals surface area contributed by atoms with E-state index in [0.29, 0.717) is 11.8 Å². The Morgan fingerprint density at radius 1 is 1.11 bits per heavy atom. The van der Waals surface area contributed by atoms with Gasteiger partial charge in [0.2, 0.25) is 0 Å². The van der Waals surface area contributed by atoms with Crippen molar-refractivity contribution in [2.24, 2.45) is 0 Å². The van der Waals surface area contributed by atoms with E-state index in [1.54, 1.807) is 0 Å². The van der Waals surface area contributed by atoms with Crippen LogP contribution >= 0.6 is 0 Å². The third-order valence-corrected chi connectivity index (χ3v) is 3.32. The maximum absolute atomic E-state index is 4.68. The summed E-state index contributed by atoms with van der Waals surface area (Å²) in [6.45, 7) is 4.30. The Hall–Kier alpha value is -1.77. The van der Waals surface area contributed by atoms with E-state index in [0.717, 1.165) is 22.6 Å². The van der Waals surface area contributed by atoms with Crippen LogP contribution in [0, 0.1) is 0 Å². The van der Waals surface area contributed by atoms with Crippen LogP contribution in [0.1, 0.15) is 49.9 Å². The Morgan fingerprint density at radius 3 is 2.56 bits per heavy atom. The van der Waals surface area contributed by atoms with Crippen LogP contribution < -0.4 is 0 Å². The molecule has 0 radical (unpaired) electrons. The van der Waals surface area contributed by atoms with Crippen LogP contribution in [-0.4, -0.2) is 15.0 Å². The molecule has 2 aromatic heterocycles. The first-order valence-electron chi connectivity index (χ1n) is 6.52. The fourth-order valence-corrected chi connectivity index (χ4v) is 1.99. The Morgan fingerprint density at radius 2 is 1.94 bits per heavy atom. The molecule has 18 heavy (non-hydrogen) atoms. The predicted octanol–water partition coefficient (Wildman–Crippen LogP) is 3.54. The van der Waals surface area contributed by atoms with Crippen LogP contribution in [0.3, 0.4) is 0 Å². The van der Waals surface area contributed by atoms with E-state index in [1.807, 2.05) is 18.6 Å². The lowest BCUT2D eigenvalue weighted by atomic mass is 10.1. The molecule has 3 nitrogen and oxygen atoms in total. The zero-order chi connectivity index (χ0) is 12.5. The third kappa shape index (κ3) is 2.26. The van der Waals surface area contributed by atoms with Crippen molar-refractivity contribution in [1.82, 2.24) is 15.0 Å². The average Bonchev–Trinajstić information content (AvgIpc) is 3.23. The summed E-state index contributed by atoms with van der Waals surface area (Å²) in [7, 11) is 0. The number of pyridine rings is 1. The second-order valence-corrected chi connectivity index (χ2v) is 5.23. The zero-order valence-corrected chi connectivity index (χ0v) is 10.8. The normalized spacial score (nSPS) is 15.1. The summed E-state index contributed by atoms with van der Waals surface area (Å²) in [5, 5.41) is 0. The molecule has 1 aliphatic carbocycles. The lowest BCUT2D eigenvalue weighted by Crippen LogP contribution is -1.95. The van der Waals surface area contributed by atoms with Crippen molar-refractivity contribution in [3.63, 3.8) is 0 Å². The monoisotopic (exact) mass is 239 g/mol. The molecular weight excluding hydrogens is 222 g/mol. The lowest BCUT2D eigenvalue weighted by Gasteiger charge is -2.06. The van der Waals surface area contributed by atoms with Crippen molar-refractivity contribution in [1.29, 1.82) is 0 Å². The molecule has 0 spiro atoms. The van der Waals surface area contributed by atoms with E-state index >= 15 is 0 Å². The highest BCUT2D eigenvalue weighted by Gasteiger charge is 2.25. The molecular formula is C15H17N3. The maximum atomic E-state index is 4.68. The summed E-state index contributed by atoms with van der Waals surface area (Å²) in [6.07, 6.45) is 8.11. The molecule has 0 atom stereocenters. The first-order chi connectivity index (χ1) is 8.74. The highest BCUT2D eigenvalue weighted by Crippen LogP contribution is 2.39. The molecule has 0 aliphatic heterocycles. The smallest absolute Gasteiger partial charge is 0.0904 e. The minimum Gasteiger partial charge on any atom is -0.261 e. The minimum absolute atomic E-state index is 0.461. The Labute approximate surface area is 107 Å². The zero-order valence-electron chi connectivity index (χ0n) is 10.8. The van der Waals surface area contributed by atoms with Gasteiger partial charge in [0.25, 0.3) is 0 Å². The van der Waals surface area contributed by atoms with E-state index in [2.05, 4.69) is 40.9 Å². The first-order valence-corrected chi connectivity index (χ1v) is 6.52. The van der Waals surface area contributed by atoms with Gasteiger partial charge in [-0.15, -0.1) is 0 Å². The molecule has 2 aromatic rings. The Bertz CT molecular complexity index is 542. The van der Waals surface area contributed by atoms with Gasteiger partial charge in [-0.25, -0.2) is 4.98 Å². The van der Waals surface area contributed by atoms with Crippen LogP contribution in [0.4, 0.5) is 0 Å². The summed E-state index contributed by atoms with van der Waals surface area (Å²) >= 11 is 0. The van der Waals surface area contributed by atoms with Crippen molar-refractivity contribution in [2.45, 2.75) is 38.5 Å². The molecule has 0 bridgehead atoms. The summed E-state index contributed by atoms with van der Waals surface area (Å²) in [5.41, 5.74) is 4.22. The molecule has 0 N–H and O–H groups in total. The van der Waals surface area contributed by atoms with Crippen LogP contribution in [0.25, 0.3) is 11.3 Å². The van der Waals surface area contributed by atoms with Crippen molar-refractivity contribution in [3.05, 3.63) is 42.1 Å². The van der Waals surface area contributed by atoms with Crippen molar-refractivity contribution in [3.8, 4) is 11.3 Å². The third-order valence-electron chi connectivity index (χ3n) is 3.32. The van der Waals surface area contributed by atoms with E-state index in [4.69, 9.17) is 0 Å². The van der Waals surface area contributed by atoms with Gasteiger partial charge in [-0.2, -0.15) is 0 Å². The first kappa shape index (κ1) is 11.3. The number of hydrogen-bond acceptors (Lipinski definition) is 3. The Balaban J connectivity index is 1.91. The molecule has 0 saturated heterocycles. The van der Waals surface area contributed by atoms with Gasteiger partial charge in [0, 0.05) is 29.6 Å². The number of hydrogen-bond donors (Lipinski definition) is 0. The van der Waals surface area contributed by atoms with Gasteiger partial charge in [-0.1, -0.05) is 13.8 Å². The van der Waals surface area contributed by atoms with Gasteiger partial charge in [0.1, 0.15) is 0 Å². The molecule has 92 valence electrons. The largest absolute Gasteiger partial charge is 0.261 e. The second kappa shape index (κ2) is 4.48. The SMILES string of the molecule is CC(C)c1ccc(-c2cncc(C3CC3)n2)cn1. The van der Waals surface area contributed by atoms with Gasteiger partial charge in [-0.05, 0) is 30.9 Å². The summed E-state index contributed by atoms with van der Waals surface area (Å²) in [6, 6.07) is 4.16. The van der Waals surface area contributed by atoms with Crippen molar-refractivity contribution >= 4 is 0 Å². The molecule has 0 aromatic carbocycles. The van der Waals surface area contributed by atoms with Gasteiger partial charge in [-0.3, -0.25) is 9.97 Å². The predicted molar refractivity (Wildman–Crippen MR) is 71.3 cm³/mol. The fourth-order valence-electron chi connectivity index (χ4n) is 1.99. The maximum Gasteiger partial charge on any atom is 0.0904 e. The summed E-state index contributed by atoms with van der Waals surface area (Å²) in [4.78, 5) is 13.4. The van der Waals surface area contributed by atoms with Crippen LogP contribution in [0.5, 0.6) is 0 Å². The molecule has 3 rings (SSSR count). The molecule has 0 amide bonds. The average molecular weight is 239 g/mol. The van der Waals surface area contributed by atoms with Crippen molar-refractivity contribution < 1.29 is 0 Å². The molecule has 1 saturated carbocycles. The number of rotatable bonds is 3. The van der Waals surface area contributed by atoms with Crippen molar-refractivity contribution in [2.75, 3.05) is 0 Å². The van der Waals surface area contributed by atoms with Gasteiger partial charge in [0.05, 0.1) is 17.6 Å². The fraction of sp³-hybridized carbons (Fsp3) is 0.400. The number of nitrogens with zero attached hydrogens (tertiary/aromatic N) is 3. The Kier molecular flexibility index (Phi) is 2.82. The second-order valence-electron chi connectivity index (χ2n) is 5.23. The van der Waals surface area contributed by atoms with Crippen LogP contribution in [0.15, 0.2) is 30.7 Å². The van der Waals surface area contributed by atoms with E-state index < -0.39 is 0 Å². The highest BCUT2D eigenvalue weighted by molar-refractivity contribution is 5.57.